The average molecular weight is 521 g/mol. The quantitative estimate of drug-likeness (QED) is 0.444. The molecule has 38 heavy (non-hydrogen) atoms. The minimum atomic E-state index is -1.07. The maximum atomic E-state index is 12.8. The fourth-order valence-corrected chi connectivity index (χ4v) is 4.29. The van der Waals surface area contributed by atoms with E-state index < -0.39 is 17.7 Å². The number of nitrogens with two attached hydrogens (primary N) is 1. The summed E-state index contributed by atoms with van der Waals surface area (Å²) in [4.78, 5) is 27.2. The van der Waals surface area contributed by atoms with Crippen LogP contribution in [0.15, 0.2) is 48.5 Å². The third-order valence-corrected chi connectivity index (χ3v) is 6.62. The van der Waals surface area contributed by atoms with Gasteiger partial charge in [0.25, 0.3) is 0 Å². The molecule has 0 aliphatic carbocycles. The van der Waals surface area contributed by atoms with Crippen molar-refractivity contribution in [1.29, 1.82) is 0 Å². The number of hydrogen-bond acceptors (Lipinski definition) is 7. The fourth-order valence-electron chi connectivity index (χ4n) is 4.29. The highest BCUT2D eigenvalue weighted by Crippen LogP contribution is 2.21. The van der Waals surface area contributed by atoms with Gasteiger partial charge in [0.1, 0.15) is 12.6 Å². The summed E-state index contributed by atoms with van der Waals surface area (Å²) < 4.78 is 13.5. The molecule has 0 saturated heterocycles. The number of nitrogens with zero attached hydrogens (tertiary/aromatic N) is 4. The second-order valence-corrected chi connectivity index (χ2v) is 10.2. The Balaban J connectivity index is 1.43. The lowest BCUT2D eigenvalue weighted by Crippen LogP contribution is -2.51. The zero-order valence-corrected chi connectivity index (χ0v) is 22.4. The summed E-state index contributed by atoms with van der Waals surface area (Å²) in [7, 11) is 0. The molecule has 0 saturated carbocycles. The largest absolute Gasteiger partial charge is 0.445 e. The van der Waals surface area contributed by atoms with Gasteiger partial charge in [-0.15, -0.1) is 10.2 Å². The molecule has 202 valence electrons. The van der Waals surface area contributed by atoms with Gasteiger partial charge in [0, 0.05) is 13.1 Å². The lowest BCUT2D eigenvalue weighted by Gasteiger charge is -2.29. The van der Waals surface area contributed by atoms with E-state index in [0.717, 1.165) is 22.3 Å². The first kappa shape index (κ1) is 27.3. The molecule has 3 aromatic rings. The minimum Gasteiger partial charge on any atom is -0.445 e. The molecular weight excluding hydrogens is 484 g/mol. The van der Waals surface area contributed by atoms with Crippen LogP contribution in [0.5, 0.6) is 0 Å². The molecule has 0 spiro atoms. The van der Waals surface area contributed by atoms with Gasteiger partial charge >= 0.3 is 6.09 Å². The minimum absolute atomic E-state index is 0.191. The van der Waals surface area contributed by atoms with Crippen LogP contribution in [0.4, 0.5) is 4.79 Å². The molecule has 1 aromatic heterocycles. The highest BCUT2D eigenvalue weighted by Gasteiger charge is 2.32. The highest BCUT2D eigenvalue weighted by atomic mass is 16.6. The van der Waals surface area contributed by atoms with Gasteiger partial charge in [-0.05, 0) is 49.9 Å². The Morgan fingerprint density at radius 2 is 1.74 bits per heavy atom. The van der Waals surface area contributed by atoms with Crippen molar-refractivity contribution in [2.24, 2.45) is 5.73 Å². The van der Waals surface area contributed by atoms with Crippen LogP contribution in [0, 0.1) is 13.8 Å². The summed E-state index contributed by atoms with van der Waals surface area (Å²) in [5.74, 6) is 0.856. The van der Waals surface area contributed by atoms with E-state index in [4.69, 9.17) is 15.2 Å². The van der Waals surface area contributed by atoms with Gasteiger partial charge in [-0.2, -0.15) is 0 Å². The van der Waals surface area contributed by atoms with Gasteiger partial charge in [0.05, 0.1) is 25.3 Å². The molecule has 1 aliphatic heterocycles. The molecule has 4 rings (SSSR count). The molecule has 0 fully saturated rings. The maximum Gasteiger partial charge on any atom is 0.410 e. The van der Waals surface area contributed by atoms with Crippen LogP contribution in [-0.4, -0.2) is 50.4 Å². The van der Waals surface area contributed by atoms with E-state index in [1.165, 1.54) is 0 Å². The Labute approximate surface area is 223 Å². The van der Waals surface area contributed by atoms with Gasteiger partial charge in [-0.3, -0.25) is 9.69 Å². The average Bonchev–Trinajstić information content (AvgIpc) is 3.31. The first-order valence-corrected chi connectivity index (χ1v) is 12.7. The zero-order chi connectivity index (χ0) is 27.3. The van der Waals surface area contributed by atoms with E-state index >= 15 is 0 Å². The second-order valence-electron chi connectivity index (χ2n) is 10.2. The van der Waals surface area contributed by atoms with E-state index in [-0.39, 0.29) is 25.7 Å². The van der Waals surface area contributed by atoms with E-state index in [9.17, 15) is 9.59 Å². The monoisotopic (exact) mass is 520 g/mol. The number of ether oxygens (including phenoxy) is 2. The Morgan fingerprint density at radius 1 is 1.03 bits per heavy atom. The van der Waals surface area contributed by atoms with Crippen LogP contribution in [0.3, 0.4) is 0 Å². The Bertz CT molecular complexity index is 1250. The molecule has 1 atom stereocenters. The van der Waals surface area contributed by atoms with Crippen LogP contribution in [0.25, 0.3) is 0 Å². The first-order valence-electron chi connectivity index (χ1n) is 12.7. The summed E-state index contributed by atoms with van der Waals surface area (Å²) in [5, 5.41) is 11.6. The van der Waals surface area contributed by atoms with Crippen molar-refractivity contribution in [3.63, 3.8) is 0 Å². The topological polar surface area (TPSA) is 125 Å². The van der Waals surface area contributed by atoms with Gasteiger partial charge in [-0.1, -0.05) is 48.5 Å². The maximum absolute atomic E-state index is 12.8. The summed E-state index contributed by atoms with van der Waals surface area (Å²) in [5.41, 5.74) is 9.17. The number of carbonyl (C=O) groups excluding carboxylic acids is 2. The molecule has 0 radical (unpaired) electrons. The second kappa shape index (κ2) is 11.7. The van der Waals surface area contributed by atoms with Crippen molar-refractivity contribution >= 4 is 12.0 Å². The number of carbonyl (C=O) groups is 2. The van der Waals surface area contributed by atoms with Crippen LogP contribution in [0.2, 0.25) is 0 Å². The van der Waals surface area contributed by atoms with E-state index in [1.54, 1.807) is 18.7 Å². The standard InChI is InChI=1S/C28H36N6O4/c1-19-9-8-10-20(2)22(19)17-38-27(36)33-13-14-34-24(15-33)31-32-25(34)23(30-26(35)28(3,4)29)18-37-16-21-11-6-5-7-12-21/h5-12,23H,13-18,29H2,1-4H3,(H,30,35)/t23-/m1/s1. The molecule has 10 heteroatoms. The van der Waals surface area contributed by atoms with Gasteiger partial charge < -0.3 is 25.1 Å². The molecule has 10 nitrogen and oxygen atoms in total. The zero-order valence-electron chi connectivity index (χ0n) is 22.4. The summed E-state index contributed by atoms with van der Waals surface area (Å²) in [6.07, 6.45) is -0.399. The lowest BCUT2D eigenvalue weighted by molar-refractivity contribution is -0.126. The van der Waals surface area contributed by atoms with Crippen molar-refractivity contribution < 1.29 is 19.1 Å². The fraction of sp³-hybridized carbons (Fsp3) is 0.429. The normalized spacial score (nSPS) is 14.1. The lowest BCUT2D eigenvalue weighted by atomic mass is 10.0. The highest BCUT2D eigenvalue weighted by molar-refractivity contribution is 5.85. The van der Waals surface area contributed by atoms with Gasteiger partial charge in [0.15, 0.2) is 11.6 Å². The van der Waals surface area contributed by atoms with Crippen molar-refractivity contribution in [2.75, 3.05) is 13.2 Å². The number of benzene rings is 2. The van der Waals surface area contributed by atoms with Gasteiger partial charge in [-0.25, -0.2) is 4.79 Å². The third kappa shape index (κ3) is 6.56. The molecule has 2 heterocycles. The summed E-state index contributed by atoms with van der Waals surface area (Å²) in [6, 6.07) is 15.2. The SMILES string of the molecule is Cc1cccc(C)c1COC(=O)N1CCn2c(nnc2[C@@H](COCc2ccccc2)NC(=O)C(C)(C)N)C1. The number of nitrogens with one attached hydrogen (secondary N) is 1. The number of aromatic nitrogens is 3. The predicted molar refractivity (Wildman–Crippen MR) is 142 cm³/mol. The van der Waals surface area contributed by atoms with Crippen LogP contribution in [-0.2, 0) is 40.6 Å². The van der Waals surface area contributed by atoms with E-state index in [2.05, 4.69) is 15.5 Å². The van der Waals surface area contributed by atoms with Crippen LogP contribution < -0.4 is 11.1 Å². The van der Waals surface area contributed by atoms with Crippen LogP contribution in [0.1, 0.15) is 53.8 Å². The molecule has 2 aromatic carbocycles. The Kier molecular flexibility index (Phi) is 8.43. The van der Waals surface area contributed by atoms with Crippen molar-refractivity contribution in [3.8, 4) is 0 Å². The smallest absolute Gasteiger partial charge is 0.410 e. The summed E-state index contributed by atoms with van der Waals surface area (Å²) in [6.45, 7) is 9.25. The molecular formula is C28H36N6O4. The number of fused-ring (bicyclic) bond motifs is 1. The number of hydrogen-bond donors (Lipinski definition) is 2. The molecule has 1 aliphatic rings. The molecule has 2 amide bonds. The van der Waals surface area contributed by atoms with Crippen molar-refractivity contribution in [1.82, 2.24) is 25.0 Å². The number of rotatable bonds is 9. The summed E-state index contributed by atoms with van der Waals surface area (Å²) >= 11 is 0. The Hall–Kier alpha value is -3.76. The number of amides is 2. The third-order valence-electron chi connectivity index (χ3n) is 6.62. The van der Waals surface area contributed by atoms with E-state index in [1.807, 2.05) is 66.9 Å². The van der Waals surface area contributed by atoms with Crippen molar-refractivity contribution in [3.05, 3.63) is 82.4 Å². The van der Waals surface area contributed by atoms with E-state index in [0.29, 0.717) is 31.3 Å². The first-order chi connectivity index (χ1) is 18.1. The number of aryl methyl sites for hydroxylation is 2. The molecule has 0 bridgehead atoms. The van der Waals surface area contributed by atoms with Crippen molar-refractivity contribution in [2.45, 2.75) is 65.6 Å². The van der Waals surface area contributed by atoms with Crippen LogP contribution >= 0.6 is 0 Å². The molecule has 3 N–H and O–H groups in total. The molecule has 0 unspecified atom stereocenters. The Morgan fingerprint density at radius 3 is 2.42 bits per heavy atom. The van der Waals surface area contributed by atoms with Gasteiger partial charge in [0.2, 0.25) is 5.91 Å². The predicted octanol–water partition coefficient (Wildman–Crippen LogP) is 3.16.